The van der Waals surface area contributed by atoms with Gasteiger partial charge in [0.05, 0.1) is 24.0 Å². The molecule has 1 saturated heterocycles. The molecule has 1 heterocycles. The number of esters is 1. The van der Waals surface area contributed by atoms with Crippen LogP contribution in [0.5, 0.6) is 0 Å². The summed E-state index contributed by atoms with van der Waals surface area (Å²) in [6.45, 7) is 14.9. The van der Waals surface area contributed by atoms with E-state index in [1.165, 1.54) is 0 Å². The summed E-state index contributed by atoms with van der Waals surface area (Å²) in [5, 5.41) is 8.44. The zero-order valence-electron chi connectivity index (χ0n) is 16.2. The fourth-order valence-corrected chi connectivity index (χ4v) is 1.49. The normalized spacial score (nSPS) is 17.5. The van der Waals surface area contributed by atoms with Gasteiger partial charge in [-0.15, -0.1) is 0 Å². The number of hydrogen-bond acceptors (Lipinski definition) is 5. The van der Waals surface area contributed by atoms with E-state index in [4.69, 9.17) is 19.3 Å². The molecule has 24 heavy (non-hydrogen) atoms. The van der Waals surface area contributed by atoms with Crippen LogP contribution < -0.4 is 0 Å². The molecule has 0 aliphatic carbocycles. The molecule has 1 fully saturated rings. The summed E-state index contributed by atoms with van der Waals surface area (Å²) in [7, 11) is 0. The van der Waals surface area contributed by atoms with E-state index < -0.39 is 16.8 Å². The Kier molecular flexibility index (Phi) is 8.93. The molecule has 0 radical (unpaired) electrons. The van der Waals surface area contributed by atoms with E-state index in [0.717, 1.165) is 6.42 Å². The molecule has 0 aromatic rings. The highest BCUT2D eigenvalue weighted by Gasteiger charge is 2.33. The Morgan fingerprint density at radius 1 is 1.04 bits per heavy atom. The molecule has 1 aliphatic rings. The number of carbonyl (C=O) groups is 2. The quantitative estimate of drug-likeness (QED) is 0.742. The Hall–Kier alpha value is -1.14. The van der Waals surface area contributed by atoms with E-state index in [0.29, 0.717) is 33.0 Å². The number of carboxylic acids is 1. The van der Waals surface area contributed by atoms with Crippen molar-refractivity contribution < 1.29 is 28.9 Å². The van der Waals surface area contributed by atoms with Crippen molar-refractivity contribution in [3.05, 3.63) is 0 Å². The number of hydrogen-bond donors (Lipinski definition) is 1. The minimum atomic E-state index is -0.722. The molecule has 6 heteroatoms. The van der Waals surface area contributed by atoms with E-state index in [-0.39, 0.29) is 11.4 Å². The van der Waals surface area contributed by atoms with E-state index in [2.05, 4.69) is 0 Å². The van der Waals surface area contributed by atoms with Crippen molar-refractivity contribution in [1.29, 1.82) is 0 Å². The van der Waals surface area contributed by atoms with Gasteiger partial charge in [-0.1, -0.05) is 20.8 Å². The lowest BCUT2D eigenvalue weighted by Gasteiger charge is -2.33. The van der Waals surface area contributed by atoms with Crippen molar-refractivity contribution >= 4 is 11.9 Å². The molecule has 0 bridgehead atoms. The standard InChI is InChI=1S/C12H22O4.C6H12O2/c1-5-11(2,3)10(13)16-8-12(4)6-14-9-15-7-12;1-4-6(2,3)5(7)8/h5-9H2,1-4H3;4H2,1-3H3,(H,7,8). The molecular weight excluding hydrogens is 312 g/mol. The maximum Gasteiger partial charge on any atom is 0.311 e. The molecule has 0 saturated carbocycles. The van der Waals surface area contributed by atoms with Crippen LogP contribution in [-0.4, -0.2) is 43.7 Å². The van der Waals surface area contributed by atoms with Crippen LogP contribution in [-0.2, 0) is 23.8 Å². The summed E-state index contributed by atoms with van der Waals surface area (Å²) >= 11 is 0. The van der Waals surface area contributed by atoms with Crippen LogP contribution >= 0.6 is 0 Å². The molecule has 1 N–H and O–H groups in total. The summed E-state index contributed by atoms with van der Waals surface area (Å²) < 4.78 is 15.8. The van der Waals surface area contributed by atoms with Gasteiger partial charge in [0.2, 0.25) is 0 Å². The average Bonchev–Trinajstić information content (AvgIpc) is 2.53. The molecular formula is C18H34O6. The third kappa shape index (κ3) is 7.62. The maximum absolute atomic E-state index is 11.8. The van der Waals surface area contributed by atoms with E-state index in [9.17, 15) is 9.59 Å². The summed E-state index contributed by atoms with van der Waals surface area (Å²) in [5.41, 5.74) is -1.16. The van der Waals surface area contributed by atoms with Crippen molar-refractivity contribution in [3.8, 4) is 0 Å². The molecule has 0 aromatic heterocycles. The van der Waals surface area contributed by atoms with Gasteiger partial charge >= 0.3 is 11.9 Å². The van der Waals surface area contributed by atoms with Gasteiger partial charge in [0.1, 0.15) is 13.4 Å². The number of carbonyl (C=O) groups excluding carboxylic acids is 1. The first kappa shape index (κ1) is 22.9. The maximum atomic E-state index is 11.8. The van der Waals surface area contributed by atoms with Gasteiger partial charge in [-0.05, 0) is 40.5 Å². The van der Waals surface area contributed by atoms with Crippen molar-refractivity contribution in [2.45, 2.75) is 61.3 Å². The lowest BCUT2D eigenvalue weighted by Crippen LogP contribution is -2.40. The predicted molar refractivity (Wildman–Crippen MR) is 91.6 cm³/mol. The third-order valence-electron chi connectivity index (χ3n) is 4.52. The summed E-state index contributed by atoms with van der Waals surface area (Å²) in [4.78, 5) is 22.0. The summed E-state index contributed by atoms with van der Waals surface area (Å²) in [5.74, 6) is -0.873. The first-order valence-electron chi connectivity index (χ1n) is 8.46. The fraction of sp³-hybridized carbons (Fsp3) is 0.889. The molecule has 1 rings (SSSR count). The molecule has 1 aliphatic heterocycles. The van der Waals surface area contributed by atoms with E-state index in [1.54, 1.807) is 13.8 Å². The molecule has 0 spiro atoms. The van der Waals surface area contributed by atoms with Crippen LogP contribution in [0.25, 0.3) is 0 Å². The molecule has 0 aromatic carbocycles. The zero-order chi connectivity index (χ0) is 19.0. The van der Waals surface area contributed by atoms with Crippen LogP contribution in [0.1, 0.15) is 61.3 Å². The van der Waals surface area contributed by atoms with Crippen molar-refractivity contribution in [2.24, 2.45) is 16.2 Å². The van der Waals surface area contributed by atoms with Crippen molar-refractivity contribution in [1.82, 2.24) is 0 Å². The van der Waals surface area contributed by atoms with E-state index >= 15 is 0 Å². The molecule has 6 nitrogen and oxygen atoms in total. The highest BCUT2D eigenvalue weighted by Crippen LogP contribution is 2.26. The first-order valence-corrected chi connectivity index (χ1v) is 8.46. The Labute approximate surface area is 145 Å². The van der Waals surface area contributed by atoms with Gasteiger partial charge in [0, 0.05) is 5.41 Å². The Morgan fingerprint density at radius 3 is 1.83 bits per heavy atom. The molecule has 0 amide bonds. The van der Waals surface area contributed by atoms with E-state index in [1.807, 2.05) is 34.6 Å². The summed E-state index contributed by atoms with van der Waals surface area (Å²) in [6.07, 6.45) is 1.46. The Morgan fingerprint density at radius 2 is 1.50 bits per heavy atom. The topological polar surface area (TPSA) is 82.1 Å². The predicted octanol–water partition coefficient (Wildman–Crippen LogP) is 3.48. The largest absolute Gasteiger partial charge is 0.481 e. The molecule has 142 valence electrons. The third-order valence-corrected chi connectivity index (χ3v) is 4.52. The van der Waals surface area contributed by atoms with Crippen molar-refractivity contribution in [2.75, 3.05) is 26.6 Å². The van der Waals surface area contributed by atoms with Gasteiger partial charge in [-0.2, -0.15) is 0 Å². The highest BCUT2D eigenvalue weighted by molar-refractivity contribution is 5.75. The van der Waals surface area contributed by atoms with Crippen LogP contribution in [0.4, 0.5) is 0 Å². The highest BCUT2D eigenvalue weighted by atomic mass is 16.7. The van der Waals surface area contributed by atoms with Gasteiger partial charge in [-0.25, -0.2) is 0 Å². The molecule has 0 atom stereocenters. The molecule has 0 unspecified atom stereocenters. The zero-order valence-corrected chi connectivity index (χ0v) is 16.2. The second-order valence-corrected chi connectivity index (χ2v) is 7.98. The monoisotopic (exact) mass is 346 g/mol. The fourth-order valence-electron chi connectivity index (χ4n) is 1.49. The van der Waals surface area contributed by atoms with Gasteiger partial charge < -0.3 is 19.3 Å². The van der Waals surface area contributed by atoms with Gasteiger partial charge in [0.15, 0.2) is 0 Å². The Bertz CT molecular complexity index is 408. The SMILES string of the molecule is CCC(C)(C)C(=O)O.CCC(C)(C)C(=O)OCC1(C)COCOC1. The smallest absolute Gasteiger partial charge is 0.311 e. The lowest BCUT2D eigenvalue weighted by atomic mass is 9.90. The minimum Gasteiger partial charge on any atom is -0.481 e. The van der Waals surface area contributed by atoms with Crippen LogP contribution in [0.2, 0.25) is 0 Å². The Balaban J connectivity index is 0.000000561. The second kappa shape index (κ2) is 9.37. The first-order chi connectivity index (χ1) is 10.9. The lowest BCUT2D eigenvalue weighted by molar-refractivity contribution is -0.185. The number of carboxylic acid groups (broad SMARTS) is 1. The van der Waals surface area contributed by atoms with Crippen molar-refractivity contribution in [3.63, 3.8) is 0 Å². The summed E-state index contributed by atoms with van der Waals surface area (Å²) in [6, 6.07) is 0. The van der Waals surface area contributed by atoms with Crippen LogP contribution in [0, 0.1) is 16.2 Å². The number of rotatable bonds is 6. The second-order valence-electron chi connectivity index (χ2n) is 7.98. The average molecular weight is 346 g/mol. The number of aliphatic carboxylic acids is 1. The van der Waals surface area contributed by atoms with Crippen LogP contribution in [0.15, 0.2) is 0 Å². The van der Waals surface area contributed by atoms with Gasteiger partial charge in [-0.3, -0.25) is 9.59 Å². The van der Waals surface area contributed by atoms with Gasteiger partial charge in [0.25, 0.3) is 0 Å². The van der Waals surface area contributed by atoms with Crippen LogP contribution in [0.3, 0.4) is 0 Å². The minimum absolute atomic E-state index is 0.151. The number of ether oxygens (including phenoxy) is 3.